The molecule has 0 aliphatic rings. The molecule has 0 radical (unpaired) electrons. The number of likely N-dealkylation sites (N-methyl/N-ethyl adjacent to an activating group) is 1. The summed E-state index contributed by atoms with van der Waals surface area (Å²) < 4.78 is 9.70. The molecule has 1 heterocycles. The molecule has 2 rings (SSSR count). The van der Waals surface area contributed by atoms with Crippen LogP contribution < -0.4 is 11.4 Å². The van der Waals surface area contributed by atoms with E-state index < -0.39 is 0 Å². The number of para-hydroxylation sites is 1. The first kappa shape index (κ1) is 21.8. The van der Waals surface area contributed by atoms with E-state index in [1.165, 1.54) is 20.0 Å². The zero-order chi connectivity index (χ0) is 18.4. The number of benzene rings is 1. The summed E-state index contributed by atoms with van der Waals surface area (Å²) in [7, 11) is 1.50. The van der Waals surface area contributed by atoms with Gasteiger partial charge in [0.25, 0.3) is 0 Å². The van der Waals surface area contributed by atoms with Gasteiger partial charge in [-0.3, -0.25) is 4.79 Å². The Labute approximate surface area is 143 Å². The Morgan fingerprint density at radius 1 is 1.12 bits per heavy atom. The second kappa shape index (κ2) is 13.3. The summed E-state index contributed by atoms with van der Waals surface area (Å²) in [4.78, 5) is 23.3. The average Bonchev–Trinajstić information content (AvgIpc) is 2.61. The zero-order valence-corrected chi connectivity index (χ0v) is 15.0. The molecule has 0 spiro atoms. The third kappa shape index (κ3) is 9.07. The van der Waals surface area contributed by atoms with Gasteiger partial charge < -0.3 is 19.8 Å². The molecule has 0 saturated carbocycles. The van der Waals surface area contributed by atoms with E-state index in [1.807, 2.05) is 18.2 Å². The monoisotopic (exact) mass is 336 g/mol. The van der Waals surface area contributed by atoms with Crippen molar-refractivity contribution < 1.29 is 13.9 Å². The van der Waals surface area contributed by atoms with Gasteiger partial charge in [0.15, 0.2) is 0 Å². The third-order valence-corrected chi connectivity index (χ3v) is 3.14. The summed E-state index contributed by atoms with van der Waals surface area (Å²) in [6.07, 6.45) is 0. The lowest BCUT2D eigenvalue weighted by Gasteiger charge is -2.16. The number of carbonyl (C=O) groups excluding carboxylic acids is 1. The highest BCUT2D eigenvalue weighted by atomic mass is 16.5. The van der Waals surface area contributed by atoms with Crippen LogP contribution in [0.3, 0.4) is 0 Å². The minimum Gasteiger partial charge on any atom is -0.465 e. The van der Waals surface area contributed by atoms with E-state index in [0.717, 1.165) is 25.0 Å². The van der Waals surface area contributed by atoms with Crippen molar-refractivity contribution >= 4 is 16.9 Å². The Bertz CT molecular complexity index is 636. The fourth-order valence-corrected chi connectivity index (χ4v) is 1.87. The van der Waals surface area contributed by atoms with Crippen LogP contribution >= 0.6 is 0 Å². The van der Waals surface area contributed by atoms with Crippen molar-refractivity contribution in [3.8, 4) is 0 Å². The molecule has 6 nitrogen and oxygen atoms in total. The highest BCUT2D eigenvalue weighted by Crippen LogP contribution is 2.08. The van der Waals surface area contributed by atoms with E-state index in [0.29, 0.717) is 12.2 Å². The molecule has 0 aliphatic heterocycles. The average molecular weight is 336 g/mol. The van der Waals surface area contributed by atoms with E-state index in [-0.39, 0.29) is 11.6 Å². The number of fused-ring (bicyclic) bond motifs is 1. The molecular weight excluding hydrogens is 308 g/mol. The summed E-state index contributed by atoms with van der Waals surface area (Å²) >= 11 is 0. The van der Waals surface area contributed by atoms with Gasteiger partial charge in [-0.2, -0.15) is 0 Å². The first-order valence-electron chi connectivity index (χ1n) is 7.99. The van der Waals surface area contributed by atoms with Crippen LogP contribution in [0.15, 0.2) is 45.6 Å². The molecule has 1 aromatic carbocycles. The van der Waals surface area contributed by atoms with Gasteiger partial charge in [-0.1, -0.05) is 32.0 Å². The molecule has 0 amide bonds. The van der Waals surface area contributed by atoms with Crippen molar-refractivity contribution in [2.45, 2.75) is 20.8 Å². The fourth-order valence-electron chi connectivity index (χ4n) is 1.87. The van der Waals surface area contributed by atoms with Crippen LogP contribution in [0.2, 0.25) is 0 Å². The van der Waals surface area contributed by atoms with Gasteiger partial charge in [0.2, 0.25) is 0 Å². The highest BCUT2D eigenvalue weighted by molar-refractivity contribution is 5.75. The number of rotatable bonds is 5. The number of carbonyl (C=O) groups is 1. The van der Waals surface area contributed by atoms with Crippen LogP contribution in [-0.2, 0) is 9.53 Å². The van der Waals surface area contributed by atoms with Gasteiger partial charge in [0, 0.05) is 24.9 Å². The van der Waals surface area contributed by atoms with Crippen molar-refractivity contribution in [2.24, 2.45) is 5.73 Å². The van der Waals surface area contributed by atoms with Crippen LogP contribution in [0.4, 0.5) is 0 Å². The van der Waals surface area contributed by atoms with Crippen molar-refractivity contribution in [3.63, 3.8) is 0 Å². The number of hydrogen-bond donors (Lipinski definition) is 1. The van der Waals surface area contributed by atoms with Crippen LogP contribution in [0, 0.1) is 0 Å². The lowest BCUT2D eigenvalue weighted by atomic mass is 10.2. The molecule has 0 saturated heterocycles. The molecule has 2 aromatic rings. The lowest BCUT2D eigenvalue weighted by molar-refractivity contribution is -0.141. The first-order valence-corrected chi connectivity index (χ1v) is 7.99. The molecule has 0 atom stereocenters. The SMILES string of the molecule is CCN(CC)CCOC(C)=O.CN.O=c1ccc2ccccc2o1. The minimum atomic E-state index is -0.302. The first-order chi connectivity index (χ1) is 11.6. The van der Waals surface area contributed by atoms with Gasteiger partial charge in [-0.25, -0.2) is 4.79 Å². The topological polar surface area (TPSA) is 85.8 Å². The Kier molecular flexibility index (Phi) is 12.1. The van der Waals surface area contributed by atoms with Crippen molar-refractivity contribution in [3.05, 3.63) is 46.8 Å². The van der Waals surface area contributed by atoms with Gasteiger partial charge in [0.1, 0.15) is 12.2 Å². The van der Waals surface area contributed by atoms with Gasteiger partial charge in [-0.05, 0) is 32.3 Å². The second-order valence-electron chi connectivity index (χ2n) is 4.66. The molecule has 0 aliphatic carbocycles. The minimum absolute atomic E-state index is 0.197. The Morgan fingerprint density at radius 3 is 2.33 bits per heavy atom. The number of hydrogen-bond acceptors (Lipinski definition) is 6. The predicted molar refractivity (Wildman–Crippen MR) is 97.0 cm³/mol. The molecule has 1 aromatic heterocycles. The van der Waals surface area contributed by atoms with E-state index in [9.17, 15) is 9.59 Å². The van der Waals surface area contributed by atoms with Crippen LogP contribution in [0.1, 0.15) is 20.8 Å². The molecule has 134 valence electrons. The normalized spacial score (nSPS) is 9.58. The predicted octanol–water partition coefficient (Wildman–Crippen LogP) is 2.26. The Morgan fingerprint density at radius 2 is 1.75 bits per heavy atom. The van der Waals surface area contributed by atoms with Gasteiger partial charge >= 0.3 is 11.6 Å². The lowest BCUT2D eigenvalue weighted by Crippen LogP contribution is -2.27. The number of esters is 1. The van der Waals surface area contributed by atoms with E-state index in [1.54, 1.807) is 12.1 Å². The second-order valence-corrected chi connectivity index (χ2v) is 4.66. The zero-order valence-electron chi connectivity index (χ0n) is 15.0. The maximum Gasteiger partial charge on any atom is 0.336 e. The molecule has 0 unspecified atom stereocenters. The van der Waals surface area contributed by atoms with E-state index in [2.05, 4.69) is 24.5 Å². The van der Waals surface area contributed by atoms with Gasteiger partial charge in [0.05, 0.1) is 0 Å². The number of nitrogens with zero attached hydrogens (tertiary/aromatic N) is 1. The number of ether oxygens (including phenoxy) is 1. The number of nitrogens with two attached hydrogens (primary N) is 1. The highest BCUT2D eigenvalue weighted by Gasteiger charge is 1.98. The smallest absolute Gasteiger partial charge is 0.336 e. The summed E-state index contributed by atoms with van der Waals surface area (Å²) in [5, 5.41) is 0.951. The summed E-state index contributed by atoms with van der Waals surface area (Å²) in [6.45, 7) is 9.00. The standard InChI is InChI=1S/C9H6O2.C8H17NO2.CH5N/c10-9-6-5-7-3-1-2-4-8(7)11-9;1-4-9(5-2)6-7-11-8(3)10;1-2/h1-6H;4-7H2,1-3H3;2H2,1H3. The van der Waals surface area contributed by atoms with Crippen LogP contribution in [0.25, 0.3) is 11.0 Å². The third-order valence-electron chi connectivity index (χ3n) is 3.14. The Hall–Kier alpha value is -2.18. The molecular formula is C18H28N2O4. The Balaban J connectivity index is 0.000000400. The summed E-state index contributed by atoms with van der Waals surface area (Å²) in [5.74, 6) is -0.197. The molecule has 0 fully saturated rings. The summed E-state index contributed by atoms with van der Waals surface area (Å²) in [5.41, 5.74) is 4.84. The maximum absolute atomic E-state index is 10.7. The largest absolute Gasteiger partial charge is 0.465 e. The quantitative estimate of drug-likeness (QED) is 0.666. The molecule has 24 heavy (non-hydrogen) atoms. The molecule has 2 N–H and O–H groups in total. The van der Waals surface area contributed by atoms with Crippen molar-refractivity contribution in [1.82, 2.24) is 4.90 Å². The van der Waals surface area contributed by atoms with E-state index in [4.69, 9.17) is 9.15 Å². The maximum atomic E-state index is 10.7. The van der Waals surface area contributed by atoms with Crippen molar-refractivity contribution in [2.75, 3.05) is 33.3 Å². The fraction of sp³-hybridized carbons (Fsp3) is 0.444. The van der Waals surface area contributed by atoms with Crippen LogP contribution in [-0.4, -0.2) is 44.2 Å². The van der Waals surface area contributed by atoms with Crippen molar-refractivity contribution in [1.29, 1.82) is 0 Å². The van der Waals surface area contributed by atoms with Crippen LogP contribution in [0.5, 0.6) is 0 Å². The van der Waals surface area contributed by atoms with E-state index >= 15 is 0 Å². The molecule has 6 heteroatoms. The molecule has 0 bridgehead atoms. The van der Waals surface area contributed by atoms with Gasteiger partial charge in [-0.15, -0.1) is 0 Å². The summed E-state index contributed by atoms with van der Waals surface area (Å²) in [6, 6.07) is 10.6.